The number of anilines is 1. The van der Waals surface area contributed by atoms with Gasteiger partial charge in [-0.1, -0.05) is 5.92 Å². The Morgan fingerprint density at radius 1 is 1.26 bits per heavy atom. The number of rotatable bonds is 3. The standard InChI is InChI=1S/C13H8N2O4/c1-2-9-3-5-10(6-4-9)14-13(16)11-7-8-12(19-11)15(17)18/h1,3-8H,(H,14,16). The molecular weight excluding hydrogens is 248 g/mol. The van der Waals surface area contributed by atoms with Crippen molar-refractivity contribution in [2.24, 2.45) is 0 Å². The Hall–Kier alpha value is -3.07. The summed E-state index contributed by atoms with van der Waals surface area (Å²) in [4.78, 5) is 21.5. The van der Waals surface area contributed by atoms with Gasteiger partial charge in [0.25, 0.3) is 5.91 Å². The molecule has 19 heavy (non-hydrogen) atoms. The number of nitrogens with one attached hydrogen (secondary N) is 1. The smallest absolute Gasteiger partial charge is 0.395 e. The van der Waals surface area contributed by atoms with E-state index in [1.165, 1.54) is 6.07 Å². The normalized spacial score (nSPS) is 9.63. The highest BCUT2D eigenvalue weighted by Gasteiger charge is 2.17. The van der Waals surface area contributed by atoms with Gasteiger partial charge < -0.3 is 9.73 Å². The molecular formula is C13H8N2O4. The third-order valence-electron chi connectivity index (χ3n) is 2.30. The average Bonchev–Trinajstić information content (AvgIpc) is 2.89. The largest absolute Gasteiger partial charge is 0.433 e. The molecule has 0 aliphatic heterocycles. The summed E-state index contributed by atoms with van der Waals surface area (Å²) in [6.07, 6.45) is 5.21. The molecule has 6 heteroatoms. The number of carbonyl (C=O) groups excluding carboxylic acids is 1. The topological polar surface area (TPSA) is 85.4 Å². The fraction of sp³-hybridized carbons (Fsp3) is 0. The molecule has 0 aliphatic carbocycles. The maximum Gasteiger partial charge on any atom is 0.433 e. The molecule has 6 nitrogen and oxygen atoms in total. The van der Waals surface area contributed by atoms with Gasteiger partial charge >= 0.3 is 5.88 Å². The van der Waals surface area contributed by atoms with E-state index in [2.05, 4.69) is 11.2 Å². The van der Waals surface area contributed by atoms with Crippen molar-refractivity contribution in [3.05, 3.63) is 57.8 Å². The first-order valence-electron chi connectivity index (χ1n) is 5.22. The van der Waals surface area contributed by atoms with Gasteiger partial charge in [0.2, 0.25) is 0 Å². The summed E-state index contributed by atoms with van der Waals surface area (Å²) in [6, 6.07) is 8.95. The van der Waals surface area contributed by atoms with Crippen molar-refractivity contribution in [2.75, 3.05) is 5.32 Å². The number of carbonyl (C=O) groups is 1. The average molecular weight is 256 g/mol. The highest BCUT2D eigenvalue weighted by molar-refractivity contribution is 6.02. The number of nitro groups is 1. The third kappa shape index (κ3) is 2.79. The summed E-state index contributed by atoms with van der Waals surface area (Å²) in [7, 11) is 0. The number of amides is 1. The quantitative estimate of drug-likeness (QED) is 0.519. The number of furan rings is 1. The summed E-state index contributed by atoms with van der Waals surface area (Å²) in [5.41, 5.74) is 1.20. The Labute approximate surface area is 108 Å². The van der Waals surface area contributed by atoms with Crippen LogP contribution >= 0.6 is 0 Å². The summed E-state index contributed by atoms with van der Waals surface area (Å²) < 4.78 is 4.78. The van der Waals surface area contributed by atoms with E-state index in [-0.39, 0.29) is 5.76 Å². The SMILES string of the molecule is C#Cc1ccc(NC(=O)c2ccc([N+](=O)[O-])o2)cc1. The zero-order valence-electron chi connectivity index (χ0n) is 9.62. The molecule has 0 fully saturated rings. The second kappa shape index (κ2) is 5.06. The van der Waals surface area contributed by atoms with Crippen molar-refractivity contribution in [3.8, 4) is 12.3 Å². The van der Waals surface area contributed by atoms with Crippen molar-refractivity contribution in [1.29, 1.82) is 0 Å². The molecule has 0 spiro atoms. The molecule has 0 aliphatic rings. The molecule has 2 rings (SSSR count). The van der Waals surface area contributed by atoms with Crippen LogP contribution in [0.15, 0.2) is 40.8 Å². The first-order valence-corrected chi connectivity index (χ1v) is 5.22. The van der Waals surface area contributed by atoms with Crippen molar-refractivity contribution in [2.45, 2.75) is 0 Å². The molecule has 0 bridgehead atoms. The maximum absolute atomic E-state index is 11.7. The lowest BCUT2D eigenvalue weighted by Gasteiger charge is -2.02. The van der Waals surface area contributed by atoms with Crippen molar-refractivity contribution < 1.29 is 14.1 Å². The van der Waals surface area contributed by atoms with E-state index in [1.54, 1.807) is 24.3 Å². The monoisotopic (exact) mass is 256 g/mol. The second-order valence-electron chi connectivity index (χ2n) is 3.57. The fourth-order valence-corrected chi connectivity index (χ4v) is 1.39. The van der Waals surface area contributed by atoms with Gasteiger partial charge in [0.15, 0.2) is 5.76 Å². The number of hydrogen-bond donors (Lipinski definition) is 1. The highest BCUT2D eigenvalue weighted by atomic mass is 16.6. The van der Waals surface area contributed by atoms with E-state index in [0.717, 1.165) is 6.07 Å². The van der Waals surface area contributed by atoms with Crippen LogP contribution in [0, 0.1) is 22.5 Å². The van der Waals surface area contributed by atoms with Crippen LogP contribution < -0.4 is 5.32 Å². The molecule has 94 valence electrons. The molecule has 2 aromatic rings. The van der Waals surface area contributed by atoms with Crippen LogP contribution in [0.1, 0.15) is 16.1 Å². The minimum Gasteiger partial charge on any atom is -0.395 e. The van der Waals surface area contributed by atoms with E-state index in [9.17, 15) is 14.9 Å². The number of nitrogens with zero attached hydrogens (tertiary/aromatic N) is 1. The van der Waals surface area contributed by atoms with E-state index in [0.29, 0.717) is 11.3 Å². The minimum atomic E-state index is -0.710. The van der Waals surface area contributed by atoms with Crippen LogP contribution in [0.4, 0.5) is 11.6 Å². The first kappa shape index (κ1) is 12.4. The molecule has 0 atom stereocenters. The summed E-state index contributed by atoms with van der Waals surface area (Å²) in [5.74, 6) is 1.27. The van der Waals surface area contributed by atoms with Gasteiger partial charge in [-0.05, 0) is 30.3 Å². The third-order valence-corrected chi connectivity index (χ3v) is 2.30. The van der Waals surface area contributed by atoms with Crippen LogP contribution in [0.2, 0.25) is 0 Å². The van der Waals surface area contributed by atoms with Gasteiger partial charge in [-0.2, -0.15) is 0 Å². The summed E-state index contributed by atoms with van der Waals surface area (Å²) in [5, 5.41) is 13.0. The highest BCUT2D eigenvalue weighted by Crippen LogP contribution is 2.17. The van der Waals surface area contributed by atoms with Gasteiger partial charge in [-0.15, -0.1) is 6.42 Å². The number of benzene rings is 1. The van der Waals surface area contributed by atoms with Gasteiger partial charge in [-0.25, -0.2) is 0 Å². The Kier molecular flexibility index (Phi) is 3.30. The predicted molar refractivity (Wildman–Crippen MR) is 67.7 cm³/mol. The Bertz CT molecular complexity index is 665. The molecule has 0 saturated carbocycles. The Balaban J connectivity index is 2.11. The fourth-order valence-electron chi connectivity index (χ4n) is 1.39. The molecule has 1 N–H and O–H groups in total. The zero-order valence-corrected chi connectivity index (χ0v) is 9.62. The molecule has 0 unspecified atom stereocenters. The van der Waals surface area contributed by atoms with Crippen molar-refractivity contribution >= 4 is 17.5 Å². The van der Waals surface area contributed by atoms with E-state index < -0.39 is 16.7 Å². The van der Waals surface area contributed by atoms with E-state index in [4.69, 9.17) is 10.8 Å². The summed E-state index contributed by atoms with van der Waals surface area (Å²) >= 11 is 0. The molecule has 1 heterocycles. The maximum atomic E-state index is 11.7. The second-order valence-corrected chi connectivity index (χ2v) is 3.57. The van der Waals surface area contributed by atoms with Crippen LogP contribution in [0.25, 0.3) is 0 Å². The zero-order chi connectivity index (χ0) is 13.8. The molecule has 0 saturated heterocycles. The van der Waals surface area contributed by atoms with Gasteiger partial charge in [0.1, 0.15) is 4.92 Å². The van der Waals surface area contributed by atoms with E-state index >= 15 is 0 Å². The lowest BCUT2D eigenvalue weighted by molar-refractivity contribution is -0.402. The number of terminal acetylenes is 1. The van der Waals surface area contributed by atoms with Crippen molar-refractivity contribution in [3.63, 3.8) is 0 Å². The Morgan fingerprint density at radius 2 is 1.95 bits per heavy atom. The van der Waals surface area contributed by atoms with Gasteiger partial charge in [0.05, 0.1) is 6.07 Å². The van der Waals surface area contributed by atoms with Gasteiger partial charge in [0, 0.05) is 11.3 Å². The van der Waals surface area contributed by atoms with Crippen molar-refractivity contribution in [1.82, 2.24) is 0 Å². The first-order chi connectivity index (χ1) is 9.10. The molecule has 1 amide bonds. The molecule has 0 radical (unpaired) electrons. The molecule has 1 aromatic carbocycles. The van der Waals surface area contributed by atoms with Crippen LogP contribution in [-0.4, -0.2) is 10.8 Å². The predicted octanol–water partition coefficient (Wildman–Crippen LogP) is 2.42. The number of hydrogen-bond acceptors (Lipinski definition) is 4. The van der Waals surface area contributed by atoms with Crippen LogP contribution in [0.3, 0.4) is 0 Å². The van der Waals surface area contributed by atoms with Gasteiger partial charge in [-0.3, -0.25) is 14.9 Å². The lowest BCUT2D eigenvalue weighted by Crippen LogP contribution is -2.10. The molecule has 1 aromatic heterocycles. The lowest BCUT2D eigenvalue weighted by atomic mass is 10.2. The summed E-state index contributed by atoms with van der Waals surface area (Å²) in [6.45, 7) is 0. The minimum absolute atomic E-state index is 0.132. The van der Waals surface area contributed by atoms with Crippen LogP contribution in [-0.2, 0) is 0 Å². The van der Waals surface area contributed by atoms with Crippen LogP contribution in [0.5, 0.6) is 0 Å². The van der Waals surface area contributed by atoms with E-state index in [1.807, 2.05) is 0 Å². The Morgan fingerprint density at radius 3 is 2.47 bits per heavy atom.